The van der Waals surface area contributed by atoms with E-state index >= 15 is 0 Å². The Kier molecular flexibility index (Phi) is 6.67. The molecule has 0 spiro atoms. The summed E-state index contributed by atoms with van der Waals surface area (Å²) in [5, 5.41) is 12.1. The normalized spacial score (nSPS) is 10.6. The molecule has 0 radical (unpaired) electrons. The minimum Gasteiger partial charge on any atom is -0.497 e. The van der Waals surface area contributed by atoms with Gasteiger partial charge in [0.2, 0.25) is 0 Å². The molecule has 7 heteroatoms. The molecule has 2 aromatic carbocycles. The maximum atomic E-state index is 12.4. The molecule has 2 aromatic rings. The number of rotatable bonds is 7. The zero-order valence-corrected chi connectivity index (χ0v) is 15.5. The summed E-state index contributed by atoms with van der Waals surface area (Å²) in [6.45, 7) is 0. The molecule has 0 saturated carbocycles. The predicted octanol–water partition coefficient (Wildman–Crippen LogP) is 3.27. The molecule has 0 saturated heterocycles. The van der Waals surface area contributed by atoms with Gasteiger partial charge in [-0.15, -0.1) is 0 Å². The molecule has 0 unspecified atom stereocenters. The molecule has 140 valence electrons. The lowest BCUT2D eigenvalue weighted by Gasteiger charge is -2.12. The first-order chi connectivity index (χ1) is 13.1. The number of anilines is 1. The maximum absolute atomic E-state index is 12.4. The van der Waals surface area contributed by atoms with Crippen molar-refractivity contribution < 1.29 is 23.7 Å². The molecule has 0 heterocycles. The number of nitrogens with one attached hydrogen (secondary N) is 1. The van der Waals surface area contributed by atoms with Crippen LogP contribution in [0.4, 0.5) is 5.69 Å². The van der Waals surface area contributed by atoms with E-state index in [-0.39, 0.29) is 5.57 Å². The van der Waals surface area contributed by atoms with Crippen LogP contribution in [0.1, 0.15) is 5.56 Å². The number of methoxy groups -OCH3 is 4. The molecule has 0 aromatic heterocycles. The van der Waals surface area contributed by atoms with Crippen LogP contribution >= 0.6 is 0 Å². The molecule has 0 aliphatic rings. The van der Waals surface area contributed by atoms with Crippen molar-refractivity contribution in [1.82, 2.24) is 0 Å². The molecule has 0 atom stereocenters. The van der Waals surface area contributed by atoms with E-state index in [1.807, 2.05) is 6.07 Å². The van der Waals surface area contributed by atoms with Gasteiger partial charge in [0.25, 0.3) is 5.91 Å². The Labute approximate surface area is 157 Å². The third-order valence-electron chi connectivity index (χ3n) is 3.75. The lowest BCUT2D eigenvalue weighted by Crippen LogP contribution is -2.13. The number of ether oxygens (including phenoxy) is 4. The highest BCUT2D eigenvalue weighted by atomic mass is 16.5. The number of hydrogen-bond donors (Lipinski definition) is 1. The van der Waals surface area contributed by atoms with E-state index < -0.39 is 5.91 Å². The highest BCUT2D eigenvalue weighted by Crippen LogP contribution is 2.35. The molecular formula is C20H20N2O5. The summed E-state index contributed by atoms with van der Waals surface area (Å²) < 4.78 is 20.9. The van der Waals surface area contributed by atoms with Crippen LogP contribution in [0.15, 0.2) is 42.0 Å². The largest absolute Gasteiger partial charge is 0.497 e. The van der Waals surface area contributed by atoms with E-state index in [1.54, 1.807) is 43.5 Å². The third kappa shape index (κ3) is 4.70. The Morgan fingerprint density at radius 3 is 2.04 bits per heavy atom. The van der Waals surface area contributed by atoms with Crippen LogP contribution in [0.2, 0.25) is 0 Å². The summed E-state index contributed by atoms with van der Waals surface area (Å²) in [6.07, 6.45) is 1.43. The predicted molar refractivity (Wildman–Crippen MR) is 101 cm³/mol. The van der Waals surface area contributed by atoms with Crippen molar-refractivity contribution in [3.05, 3.63) is 47.5 Å². The standard InChI is InChI=1S/C20H20N2O5/c1-24-16-7-5-15(6-8-16)22-20(23)14(12-21)9-13-10-18(26-3)19(27-4)11-17(13)25-2/h5-11H,1-4H3,(H,22,23)/b14-9+. The smallest absolute Gasteiger partial charge is 0.266 e. The summed E-state index contributed by atoms with van der Waals surface area (Å²) in [7, 11) is 6.05. The molecular weight excluding hydrogens is 348 g/mol. The molecule has 0 fully saturated rings. The van der Waals surface area contributed by atoms with Gasteiger partial charge in [-0.3, -0.25) is 4.79 Å². The van der Waals surface area contributed by atoms with E-state index in [9.17, 15) is 10.1 Å². The number of carbonyl (C=O) groups excluding carboxylic acids is 1. The van der Waals surface area contributed by atoms with Crippen molar-refractivity contribution in [3.8, 4) is 29.1 Å². The third-order valence-corrected chi connectivity index (χ3v) is 3.75. The van der Waals surface area contributed by atoms with E-state index in [4.69, 9.17) is 18.9 Å². The van der Waals surface area contributed by atoms with Crippen LogP contribution in [0.3, 0.4) is 0 Å². The Morgan fingerprint density at radius 1 is 0.926 bits per heavy atom. The van der Waals surface area contributed by atoms with Crippen LogP contribution in [-0.2, 0) is 4.79 Å². The Morgan fingerprint density at radius 2 is 1.52 bits per heavy atom. The number of carbonyl (C=O) groups is 1. The summed E-state index contributed by atoms with van der Waals surface area (Å²) in [5.41, 5.74) is 0.967. The van der Waals surface area contributed by atoms with Gasteiger partial charge in [-0.2, -0.15) is 5.26 Å². The summed E-state index contributed by atoms with van der Waals surface area (Å²) in [5.74, 6) is 1.50. The first-order valence-corrected chi connectivity index (χ1v) is 7.93. The topological polar surface area (TPSA) is 89.8 Å². The number of nitrogens with zero attached hydrogens (tertiary/aromatic N) is 1. The van der Waals surface area contributed by atoms with E-state index in [0.717, 1.165) is 0 Å². The number of hydrogen-bond acceptors (Lipinski definition) is 6. The summed E-state index contributed by atoms with van der Waals surface area (Å²) >= 11 is 0. The summed E-state index contributed by atoms with van der Waals surface area (Å²) in [6, 6.07) is 12.0. The van der Waals surface area contributed by atoms with Gasteiger partial charge in [0.15, 0.2) is 11.5 Å². The first kappa shape index (κ1) is 19.7. The van der Waals surface area contributed by atoms with Gasteiger partial charge >= 0.3 is 0 Å². The SMILES string of the molecule is COc1ccc(NC(=O)/C(C#N)=C/c2cc(OC)c(OC)cc2OC)cc1. The molecule has 2 rings (SSSR count). The second kappa shape index (κ2) is 9.15. The highest BCUT2D eigenvalue weighted by Gasteiger charge is 2.14. The second-order valence-electron chi connectivity index (χ2n) is 5.30. The van der Waals surface area contributed by atoms with Gasteiger partial charge in [-0.1, -0.05) is 0 Å². The average Bonchev–Trinajstić information content (AvgIpc) is 2.71. The monoisotopic (exact) mass is 368 g/mol. The van der Waals surface area contributed by atoms with Crippen LogP contribution in [0.25, 0.3) is 6.08 Å². The first-order valence-electron chi connectivity index (χ1n) is 7.93. The van der Waals surface area contributed by atoms with E-state index in [0.29, 0.717) is 34.2 Å². The molecule has 7 nitrogen and oxygen atoms in total. The average molecular weight is 368 g/mol. The van der Waals surface area contributed by atoms with E-state index in [1.165, 1.54) is 27.4 Å². The van der Waals surface area contributed by atoms with E-state index in [2.05, 4.69) is 5.32 Å². The lowest BCUT2D eigenvalue weighted by atomic mass is 10.1. The fourth-order valence-corrected chi connectivity index (χ4v) is 2.34. The highest BCUT2D eigenvalue weighted by molar-refractivity contribution is 6.09. The quantitative estimate of drug-likeness (QED) is 0.596. The van der Waals surface area contributed by atoms with Crippen LogP contribution in [0, 0.1) is 11.3 Å². The van der Waals surface area contributed by atoms with Gasteiger partial charge in [0.1, 0.15) is 23.1 Å². The molecule has 0 aliphatic heterocycles. The minimum absolute atomic E-state index is 0.0867. The minimum atomic E-state index is -0.542. The van der Waals surface area contributed by atoms with Crippen LogP contribution in [-0.4, -0.2) is 34.3 Å². The van der Waals surface area contributed by atoms with Crippen molar-refractivity contribution >= 4 is 17.7 Å². The van der Waals surface area contributed by atoms with Crippen molar-refractivity contribution in [2.75, 3.05) is 33.8 Å². The Balaban J connectivity index is 2.33. The fraction of sp³-hybridized carbons (Fsp3) is 0.200. The Bertz CT molecular complexity index is 882. The van der Waals surface area contributed by atoms with Crippen LogP contribution < -0.4 is 24.3 Å². The zero-order valence-electron chi connectivity index (χ0n) is 15.5. The molecule has 1 amide bonds. The van der Waals surface area contributed by atoms with Crippen LogP contribution in [0.5, 0.6) is 23.0 Å². The number of benzene rings is 2. The van der Waals surface area contributed by atoms with Gasteiger partial charge < -0.3 is 24.3 Å². The number of nitriles is 1. The van der Waals surface area contributed by atoms with Crippen molar-refractivity contribution in [1.29, 1.82) is 5.26 Å². The Hall–Kier alpha value is -3.66. The van der Waals surface area contributed by atoms with Crippen molar-refractivity contribution in [3.63, 3.8) is 0 Å². The zero-order chi connectivity index (χ0) is 19.8. The van der Waals surface area contributed by atoms with Crippen molar-refractivity contribution in [2.24, 2.45) is 0 Å². The van der Waals surface area contributed by atoms with Gasteiger partial charge in [-0.05, 0) is 36.4 Å². The second-order valence-corrected chi connectivity index (χ2v) is 5.30. The lowest BCUT2D eigenvalue weighted by molar-refractivity contribution is -0.112. The summed E-state index contributed by atoms with van der Waals surface area (Å²) in [4.78, 5) is 12.4. The molecule has 0 bridgehead atoms. The molecule has 27 heavy (non-hydrogen) atoms. The maximum Gasteiger partial charge on any atom is 0.266 e. The molecule has 0 aliphatic carbocycles. The number of amides is 1. The molecule has 1 N–H and O–H groups in total. The fourth-order valence-electron chi connectivity index (χ4n) is 2.34. The van der Waals surface area contributed by atoms with Gasteiger partial charge in [-0.25, -0.2) is 0 Å². The van der Waals surface area contributed by atoms with Crippen molar-refractivity contribution in [2.45, 2.75) is 0 Å². The van der Waals surface area contributed by atoms with Gasteiger partial charge in [0, 0.05) is 17.3 Å². The van der Waals surface area contributed by atoms with Gasteiger partial charge in [0.05, 0.1) is 28.4 Å².